The number of carbonyl (C=O) groups is 1. The molecule has 0 amide bonds. The Morgan fingerprint density at radius 1 is 1.56 bits per heavy atom. The van der Waals surface area contributed by atoms with E-state index in [0.717, 1.165) is 6.42 Å². The van der Waals surface area contributed by atoms with Gasteiger partial charge in [-0.3, -0.25) is 4.79 Å². The minimum absolute atomic E-state index is 0.111. The lowest BCUT2D eigenvalue weighted by Crippen LogP contribution is -2.42. The third-order valence-corrected chi connectivity index (χ3v) is 3.18. The van der Waals surface area contributed by atoms with E-state index in [9.17, 15) is 9.18 Å². The minimum atomic E-state index is -0.801. The van der Waals surface area contributed by atoms with Crippen LogP contribution in [-0.2, 0) is 4.79 Å². The molecule has 2 unspecified atom stereocenters. The Kier molecular flexibility index (Phi) is 3.69. The summed E-state index contributed by atoms with van der Waals surface area (Å²) in [4.78, 5) is 10.9. The Hall–Kier alpha value is -1.78. The number of rotatable bonds is 5. The maximum Gasteiger partial charge on any atom is 0.308 e. The van der Waals surface area contributed by atoms with Crippen LogP contribution in [0.4, 0.5) is 10.1 Å². The second-order valence-corrected chi connectivity index (χ2v) is 4.35. The molecule has 0 saturated heterocycles. The zero-order valence-electron chi connectivity index (χ0n) is 10.1. The fourth-order valence-electron chi connectivity index (χ4n) is 2.05. The van der Waals surface area contributed by atoms with Crippen molar-refractivity contribution in [2.24, 2.45) is 5.92 Å². The van der Waals surface area contributed by atoms with Gasteiger partial charge < -0.3 is 15.2 Å². The summed E-state index contributed by atoms with van der Waals surface area (Å²) < 4.78 is 18.7. The van der Waals surface area contributed by atoms with E-state index in [0.29, 0.717) is 18.7 Å². The van der Waals surface area contributed by atoms with Crippen molar-refractivity contribution in [3.63, 3.8) is 0 Å². The first kappa shape index (κ1) is 12.7. The molecule has 1 fully saturated rings. The predicted molar refractivity (Wildman–Crippen MR) is 65.3 cm³/mol. The van der Waals surface area contributed by atoms with E-state index in [4.69, 9.17) is 9.84 Å². The molecular formula is C13H16FNO3. The van der Waals surface area contributed by atoms with Crippen molar-refractivity contribution < 1.29 is 19.0 Å². The first-order chi connectivity index (χ1) is 8.61. The number of nitrogens with one attached hydrogen (secondary N) is 1. The zero-order valence-corrected chi connectivity index (χ0v) is 10.1. The van der Waals surface area contributed by atoms with Gasteiger partial charge in [0.15, 0.2) is 11.6 Å². The summed E-state index contributed by atoms with van der Waals surface area (Å²) in [5.74, 6) is -1.40. The topological polar surface area (TPSA) is 58.6 Å². The van der Waals surface area contributed by atoms with Gasteiger partial charge in [0.1, 0.15) is 0 Å². The first-order valence-corrected chi connectivity index (χ1v) is 6.03. The van der Waals surface area contributed by atoms with Gasteiger partial charge in [-0.2, -0.15) is 0 Å². The number of halogens is 1. The highest BCUT2D eigenvalue weighted by Gasteiger charge is 2.36. The Labute approximate surface area is 105 Å². The average molecular weight is 253 g/mol. The van der Waals surface area contributed by atoms with Crippen molar-refractivity contribution in [2.45, 2.75) is 25.8 Å². The lowest BCUT2D eigenvalue weighted by atomic mass is 9.79. The molecule has 0 spiro atoms. The van der Waals surface area contributed by atoms with Crippen LogP contribution in [0.3, 0.4) is 0 Å². The third-order valence-electron chi connectivity index (χ3n) is 3.18. The van der Waals surface area contributed by atoms with Gasteiger partial charge in [0.25, 0.3) is 0 Å². The molecule has 18 heavy (non-hydrogen) atoms. The summed E-state index contributed by atoms with van der Waals surface area (Å²) >= 11 is 0. The molecule has 2 N–H and O–H groups in total. The summed E-state index contributed by atoms with van der Waals surface area (Å²) in [6.07, 6.45) is 1.47. The van der Waals surface area contributed by atoms with Crippen molar-refractivity contribution in [3.8, 4) is 5.75 Å². The monoisotopic (exact) mass is 253 g/mol. The zero-order chi connectivity index (χ0) is 13.1. The standard InChI is InChI=1S/C13H16FNO3/c1-2-18-12-6-3-8(7-10(12)14)15-11-5-4-9(11)13(16)17/h3,6-7,9,11,15H,2,4-5H2,1H3,(H,16,17). The molecular weight excluding hydrogens is 237 g/mol. The van der Waals surface area contributed by atoms with Crippen molar-refractivity contribution in [2.75, 3.05) is 11.9 Å². The number of ether oxygens (including phenoxy) is 1. The van der Waals surface area contributed by atoms with Crippen molar-refractivity contribution >= 4 is 11.7 Å². The normalized spacial score (nSPS) is 22.1. The molecule has 5 heteroatoms. The number of hydrogen-bond acceptors (Lipinski definition) is 3. The Balaban J connectivity index is 2.02. The maximum atomic E-state index is 13.6. The molecule has 1 aromatic rings. The van der Waals surface area contributed by atoms with Crippen molar-refractivity contribution in [1.29, 1.82) is 0 Å². The summed E-state index contributed by atoms with van der Waals surface area (Å²) in [6.45, 7) is 2.20. The highest BCUT2D eigenvalue weighted by molar-refractivity contribution is 5.73. The molecule has 0 aromatic heterocycles. The predicted octanol–water partition coefficient (Wildman–Crippen LogP) is 2.50. The first-order valence-electron chi connectivity index (χ1n) is 6.03. The molecule has 0 bridgehead atoms. The van der Waals surface area contributed by atoms with E-state index in [-0.39, 0.29) is 17.7 Å². The van der Waals surface area contributed by atoms with Crippen LogP contribution >= 0.6 is 0 Å². The molecule has 0 radical (unpaired) electrons. The molecule has 2 rings (SSSR count). The van der Waals surface area contributed by atoms with Crippen LogP contribution in [-0.4, -0.2) is 23.7 Å². The highest BCUT2D eigenvalue weighted by atomic mass is 19.1. The molecule has 4 nitrogen and oxygen atoms in total. The quantitative estimate of drug-likeness (QED) is 0.846. The minimum Gasteiger partial charge on any atom is -0.491 e. The van der Waals surface area contributed by atoms with Gasteiger partial charge >= 0.3 is 5.97 Å². The fourth-order valence-corrected chi connectivity index (χ4v) is 2.05. The molecule has 1 saturated carbocycles. The molecule has 1 aliphatic carbocycles. The van der Waals surface area contributed by atoms with Crippen LogP contribution < -0.4 is 10.1 Å². The molecule has 98 valence electrons. The number of hydrogen-bond donors (Lipinski definition) is 2. The van der Waals surface area contributed by atoms with Gasteiger partial charge in [0, 0.05) is 17.8 Å². The SMILES string of the molecule is CCOc1ccc(NC2CCC2C(=O)O)cc1F. The lowest BCUT2D eigenvalue weighted by Gasteiger charge is -2.34. The van der Waals surface area contributed by atoms with Gasteiger partial charge in [-0.25, -0.2) is 4.39 Å². The Bertz CT molecular complexity index is 450. The summed E-state index contributed by atoms with van der Waals surface area (Å²) in [5.41, 5.74) is 0.590. The van der Waals surface area contributed by atoms with Crippen molar-refractivity contribution in [3.05, 3.63) is 24.0 Å². The van der Waals surface area contributed by atoms with Crippen LogP contribution in [0.5, 0.6) is 5.75 Å². The highest BCUT2D eigenvalue weighted by Crippen LogP contribution is 2.31. The van der Waals surface area contributed by atoms with E-state index >= 15 is 0 Å². The Morgan fingerprint density at radius 3 is 2.83 bits per heavy atom. The van der Waals surface area contributed by atoms with Crippen LogP contribution in [0.15, 0.2) is 18.2 Å². The number of benzene rings is 1. The average Bonchev–Trinajstić information content (AvgIpc) is 2.27. The molecule has 0 aliphatic heterocycles. The number of anilines is 1. The summed E-state index contributed by atoms with van der Waals surface area (Å²) in [5, 5.41) is 12.0. The maximum absolute atomic E-state index is 13.6. The Morgan fingerprint density at radius 2 is 2.33 bits per heavy atom. The van der Waals surface area contributed by atoms with Gasteiger partial charge in [0.2, 0.25) is 0 Å². The molecule has 1 aliphatic rings. The fraction of sp³-hybridized carbons (Fsp3) is 0.462. The van der Waals surface area contributed by atoms with E-state index in [2.05, 4.69) is 5.32 Å². The van der Waals surface area contributed by atoms with E-state index in [1.807, 2.05) is 0 Å². The largest absolute Gasteiger partial charge is 0.491 e. The van der Waals surface area contributed by atoms with Gasteiger partial charge in [0.05, 0.1) is 12.5 Å². The van der Waals surface area contributed by atoms with Crippen molar-refractivity contribution in [1.82, 2.24) is 0 Å². The van der Waals surface area contributed by atoms with Gasteiger partial charge in [-0.1, -0.05) is 0 Å². The molecule has 0 heterocycles. The van der Waals surface area contributed by atoms with Crippen LogP contribution in [0, 0.1) is 11.7 Å². The molecule has 2 atom stereocenters. The lowest BCUT2D eigenvalue weighted by molar-refractivity contribution is -0.144. The van der Waals surface area contributed by atoms with Crippen LogP contribution in [0.1, 0.15) is 19.8 Å². The van der Waals surface area contributed by atoms with Crippen LogP contribution in [0.2, 0.25) is 0 Å². The summed E-state index contributed by atoms with van der Waals surface area (Å²) in [6, 6.07) is 4.48. The third kappa shape index (κ3) is 2.55. The number of carboxylic acid groups (broad SMARTS) is 1. The number of carboxylic acids is 1. The van der Waals surface area contributed by atoms with E-state index in [1.54, 1.807) is 19.1 Å². The van der Waals surface area contributed by atoms with E-state index in [1.165, 1.54) is 6.07 Å². The second-order valence-electron chi connectivity index (χ2n) is 4.35. The number of aliphatic carboxylic acids is 1. The van der Waals surface area contributed by atoms with Gasteiger partial charge in [-0.05, 0) is 31.9 Å². The van der Waals surface area contributed by atoms with Gasteiger partial charge in [-0.15, -0.1) is 0 Å². The van der Waals surface area contributed by atoms with E-state index < -0.39 is 11.8 Å². The smallest absolute Gasteiger partial charge is 0.308 e. The molecule has 1 aromatic carbocycles. The van der Waals surface area contributed by atoms with Crippen LogP contribution in [0.25, 0.3) is 0 Å². The summed E-state index contributed by atoms with van der Waals surface area (Å²) in [7, 11) is 0. The second kappa shape index (κ2) is 5.25.